The zero-order valence-corrected chi connectivity index (χ0v) is 9.72. The van der Waals surface area contributed by atoms with Crippen molar-refractivity contribution in [3.63, 3.8) is 0 Å². The lowest BCUT2D eigenvalue weighted by molar-refractivity contribution is 0.629. The predicted molar refractivity (Wildman–Crippen MR) is 62.9 cm³/mol. The van der Waals surface area contributed by atoms with E-state index in [9.17, 15) is 0 Å². The van der Waals surface area contributed by atoms with E-state index in [-0.39, 0.29) is 6.04 Å². The van der Waals surface area contributed by atoms with E-state index >= 15 is 0 Å². The summed E-state index contributed by atoms with van der Waals surface area (Å²) in [4.78, 5) is 9.76. The molecular formula is C10H11N3S2. The molecule has 2 aromatic heterocycles. The van der Waals surface area contributed by atoms with E-state index in [0.29, 0.717) is 5.92 Å². The first-order valence-electron chi connectivity index (χ1n) is 4.94. The van der Waals surface area contributed by atoms with Crippen LogP contribution in [0, 0.1) is 5.92 Å². The highest BCUT2D eigenvalue weighted by molar-refractivity contribution is 7.14. The average molecular weight is 237 g/mol. The second-order valence-electron chi connectivity index (χ2n) is 3.80. The molecule has 1 atom stereocenters. The minimum Gasteiger partial charge on any atom is -0.322 e. The van der Waals surface area contributed by atoms with Crippen molar-refractivity contribution in [2.45, 2.75) is 18.9 Å². The van der Waals surface area contributed by atoms with Gasteiger partial charge in [0, 0.05) is 11.6 Å². The summed E-state index contributed by atoms with van der Waals surface area (Å²) in [6.07, 6.45) is 4.37. The van der Waals surface area contributed by atoms with Crippen LogP contribution < -0.4 is 5.73 Å². The molecule has 5 heteroatoms. The minimum absolute atomic E-state index is 0.150. The molecule has 1 fully saturated rings. The van der Waals surface area contributed by atoms with Gasteiger partial charge in [-0.1, -0.05) is 0 Å². The summed E-state index contributed by atoms with van der Waals surface area (Å²) in [5, 5.41) is 3.14. The molecule has 1 saturated carbocycles. The Balaban J connectivity index is 1.87. The smallest absolute Gasteiger partial charge is 0.110 e. The third-order valence-corrected chi connectivity index (χ3v) is 4.36. The van der Waals surface area contributed by atoms with Crippen LogP contribution in [0.25, 0.3) is 10.6 Å². The minimum atomic E-state index is 0.150. The first-order chi connectivity index (χ1) is 7.34. The van der Waals surface area contributed by atoms with Gasteiger partial charge in [-0.15, -0.1) is 22.7 Å². The second kappa shape index (κ2) is 3.66. The largest absolute Gasteiger partial charge is 0.322 e. The van der Waals surface area contributed by atoms with Crippen molar-refractivity contribution >= 4 is 22.7 Å². The van der Waals surface area contributed by atoms with Crippen molar-refractivity contribution in [2.75, 3.05) is 0 Å². The molecule has 2 aromatic rings. The molecule has 0 aliphatic heterocycles. The molecule has 78 valence electrons. The van der Waals surface area contributed by atoms with E-state index in [2.05, 4.69) is 15.3 Å². The monoisotopic (exact) mass is 237 g/mol. The molecule has 2 N–H and O–H groups in total. The zero-order valence-electron chi connectivity index (χ0n) is 8.09. The number of nitrogens with two attached hydrogens (primary N) is 1. The molecular weight excluding hydrogens is 226 g/mol. The molecule has 3 rings (SSSR count). The number of rotatable bonds is 3. The molecule has 0 bridgehead atoms. The molecule has 0 aromatic carbocycles. The number of hydrogen-bond acceptors (Lipinski definition) is 5. The predicted octanol–water partition coefficient (Wildman–Crippen LogP) is 2.68. The highest BCUT2D eigenvalue weighted by Crippen LogP contribution is 2.41. The Bertz CT molecular complexity index is 445. The zero-order chi connectivity index (χ0) is 10.3. The fraction of sp³-hybridized carbons (Fsp3) is 0.400. The van der Waals surface area contributed by atoms with E-state index in [0.717, 1.165) is 15.6 Å². The van der Waals surface area contributed by atoms with E-state index in [1.165, 1.54) is 12.8 Å². The van der Waals surface area contributed by atoms with Crippen LogP contribution in [0.5, 0.6) is 0 Å². The third-order valence-electron chi connectivity index (χ3n) is 2.62. The molecule has 0 spiro atoms. The van der Waals surface area contributed by atoms with Gasteiger partial charge in [0.15, 0.2) is 0 Å². The van der Waals surface area contributed by atoms with Crippen LogP contribution in [-0.4, -0.2) is 9.97 Å². The topological polar surface area (TPSA) is 51.8 Å². The average Bonchev–Trinajstić information content (AvgIpc) is 2.80. The first kappa shape index (κ1) is 9.45. The molecule has 0 radical (unpaired) electrons. The van der Waals surface area contributed by atoms with Crippen molar-refractivity contribution in [1.29, 1.82) is 0 Å². The van der Waals surface area contributed by atoms with Gasteiger partial charge >= 0.3 is 0 Å². The third kappa shape index (κ3) is 1.82. The van der Waals surface area contributed by atoms with Crippen molar-refractivity contribution in [3.8, 4) is 10.6 Å². The lowest BCUT2D eigenvalue weighted by atomic mass is 10.2. The Morgan fingerprint density at radius 3 is 2.93 bits per heavy atom. The normalized spacial score (nSPS) is 17.9. The van der Waals surface area contributed by atoms with Crippen LogP contribution in [0.15, 0.2) is 17.1 Å². The molecule has 2 heterocycles. The Morgan fingerprint density at radius 1 is 1.40 bits per heavy atom. The Kier molecular flexibility index (Phi) is 2.31. The molecule has 3 nitrogen and oxygen atoms in total. The lowest BCUT2D eigenvalue weighted by Gasteiger charge is -2.04. The van der Waals surface area contributed by atoms with Gasteiger partial charge in [-0.2, -0.15) is 0 Å². The van der Waals surface area contributed by atoms with E-state index in [4.69, 9.17) is 5.73 Å². The SMILES string of the molecule is NC(c1nc(-c2cncs2)cs1)C1CC1. The van der Waals surface area contributed by atoms with Crippen LogP contribution in [-0.2, 0) is 0 Å². The summed E-state index contributed by atoms with van der Waals surface area (Å²) in [6, 6.07) is 0.150. The molecule has 1 unspecified atom stereocenters. The van der Waals surface area contributed by atoms with Gasteiger partial charge in [-0.3, -0.25) is 4.98 Å². The van der Waals surface area contributed by atoms with Gasteiger partial charge in [-0.25, -0.2) is 4.98 Å². The van der Waals surface area contributed by atoms with Gasteiger partial charge in [0.25, 0.3) is 0 Å². The summed E-state index contributed by atoms with van der Waals surface area (Å²) < 4.78 is 0. The van der Waals surface area contributed by atoms with Gasteiger partial charge in [0.05, 0.1) is 22.1 Å². The van der Waals surface area contributed by atoms with Gasteiger partial charge in [0.2, 0.25) is 0 Å². The number of hydrogen-bond donors (Lipinski definition) is 1. The van der Waals surface area contributed by atoms with Crippen molar-refractivity contribution < 1.29 is 0 Å². The molecule has 1 aliphatic rings. The summed E-state index contributed by atoms with van der Waals surface area (Å²) in [7, 11) is 0. The lowest BCUT2D eigenvalue weighted by Crippen LogP contribution is -2.11. The Morgan fingerprint density at radius 2 is 2.27 bits per heavy atom. The van der Waals surface area contributed by atoms with Crippen LogP contribution in [0.1, 0.15) is 23.9 Å². The number of aromatic nitrogens is 2. The summed E-state index contributed by atoms with van der Waals surface area (Å²) in [5.74, 6) is 0.672. The Labute approximate surface area is 96.0 Å². The van der Waals surface area contributed by atoms with Crippen LogP contribution in [0.4, 0.5) is 0 Å². The van der Waals surface area contributed by atoms with E-state index < -0.39 is 0 Å². The van der Waals surface area contributed by atoms with E-state index in [1.807, 2.05) is 11.7 Å². The molecule has 0 amide bonds. The highest BCUT2D eigenvalue weighted by Gasteiger charge is 2.31. The van der Waals surface area contributed by atoms with Gasteiger partial charge < -0.3 is 5.73 Å². The van der Waals surface area contributed by atoms with E-state index in [1.54, 1.807) is 22.7 Å². The van der Waals surface area contributed by atoms with Crippen LogP contribution >= 0.6 is 22.7 Å². The molecule has 1 aliphatic carbocycles. The first-order valence-corrected chi connectivity index (χ1v) is 6.70. The standard InChI is InChI=1S/C10H11N3S2/c11-9(6-1-2-6)10-13-7(4-14-10)8-3-12-5-15-8/h3-6,9H,1-2,11H2. The number of nitrogens with zero attached hydrogens (tertiary/aromatic N) is 2. The highest BCUT2D eigenvalue weighted by atomic mass is 32.1. The van der Waals surface area contributed by atoms with Crippen molar-refractivity contribution in [2.24, 2.45) is 11.7 Å². The van der Waals surface area contributed by atoms with Crippen LogP contribution in [0.2, 0.25) is 0 Å². The van der Waals surface area contributed by atoms with Crippen molar-refractivity contribution in [3.05, 3.63) is 22.1 Å². The quantitative estimate of drug-likeness (QED) is 0.893. The van der Waals surface area contributed by atoms with Crippen LogP contribution in [0.3, 0.4) is 0 Å². The number of thiazole rings is 2. The molecule has 15 heavy (non-hydrogen) atoms. The fourth-order valence-electron chi connectivity index (χ4n) is 1.55. The fourth-order valence-corrected chi connectivity index (χ4v) is 3.12. The molecule has 0 saturated heterocycles. The second-order valence-corrected chi connectivity index (χ2v) is 5.58. The summed E-state index contributed by atoms with van der Waals surface area (Å²) in [5.41, 5.74) is 8.95. The summed E-state index contributed by atoms with van der Waals surface area (Å²) in [6.45, 7) is 0. The maximum atomic E-state index is 6.10. The maximum absolute atomic E-state index is 6.10. The van der Waals surface area contributed by atoms with Crippen molar-refractivity contribution in [1.82, 2.24) is 9.97 Å². The summed E-state index contributed by atoms with van der Waals surface area (Å²) >= 11 is 3.28. The van der Waals surface area contributed by atoms with Gasteiger partial charge in [0.1, 0.15) is 5.01 Å². The maximum Gasteiger partial charge on any atom is 0.110 e. The Hall–Kier alpha value is -0.780. The van der Waals surface area contributed by atoms with Gasteiger partial charge in [-0.05, 0) is 18.8 Å².